The Morgan fingerprint density at radius 3 is 1.71 bits per heavy atom. The highest BCUT2D eigenvalue weighted by molar-refractivity contribution is 5.91. The van der Waals surface area contributed by atoms with E-state index in [0.29, 0.717) is 12.2 Å². The van der Waals surface area contributed by atoms with Crippen LogP contribution in [0.15, 0.2) is 29.3 Å². The van der Waals surface area contributed by atoms with Crippen LogP contribution in [-0.2, 0) is 19.1 Å². The van der Waals surface area contributed by atoms with Crippen LogP contribution in [0.5, 0.6) is 0 Å². The lowest BCUT2D eigenvalue weighted by atomic mass is 9.97. The van der Waals surface area contributed by atoms with Crippen LogP contribution >= 0.6 is 0 Å². The lowest BCUT2D eigenvalue weighted by Crippen LogP contribution is -2.37. The van der Waals surface area contributed by atoms with Crippen LogP contribution in [0.3, 0.4) is 0 Å². The van der Waals surface area contributed by atoms with Crippen LogP contribution in [0.4, 0.5) is 0 Å². The van der Waals surface area contributed by atoms with E-state index < -0.39 is 11.5 Å². The molecule has 0 N–H and O–H groups in total. The quantitative estimate of drug-likeness (QED) is 0.0915. The molecule has 0 aromatic rings. The Morgan fingerprint density at radius 2 is 1.26 bits per heavy atom. The summed E-state index contributed by atoms with van der Waals surface area (Å²) in [7, 11) is 0. The maximum atomic E-state index is 12.6. The SMILES string of the molecule is C=C(C)C(=O)OCCC1(C(=O)OCCCCCCCCCCCCCCCCCC)C=CC=N1. The summed E-state index contributed by atoms with van der Waals surface area (Å²) in [5.74, 6) is -0.826. The fourth-order valence-electron chi connectivity index (χ4n) is 4.15. The second-order valence-corrected chi connectivity index (χ2v) is 9.67. The van der Waals surface area contributed by atoms with Crippen LogP contribution in [0, 0.1) is 0 Å². The smallest absolute Gasteiger partial charge is 0.338 e. The number of carbonyl (C=O) groups excluding carboxylic acids is 2. The Labute approximate surface area is 208 Å². The molecule has 5 nitrogen and oxygen atoms in total. The molecule has 0 bridgehead atoms. The molecule has 1 unspecified atom stereocenters. The van der Waals surface area contributed by atoms with Crippen LogP contribution < -0.4 is 0 Å². The van der Waals surface area contributed by atoms with Gasteiger partial charge >= 0.3 is 11.9 Å². The lowest BCUT2D eigenvalue weighted by Gasteiger charge is -2.22. The first kappa shape index (κ1) is 30.1. The largest absolute Gasteiger partial charge is 0.464 e. The Hall–Kier alpha value is -1.91. The van der Waals surface area contributed by atoms with E-state index in [0.717, 1.165) is 12.8 Å². The fourth-order valence-corrected chi connectivity index (χ4v) is 4.15. The maximum absolute atomic E-state index is 12.6. The van der Waals surface area contributed by atoms with Crippen molar-refractivity contribution in [2.24, 2.45) is 4.99 Å². The highest BCUT2D eigenvalue weighted by atomic mass is 16.5. The molecule has 34 heavy (non-hydrogen) atoms. The first-order valence-corrected chi connectivity index (χ1v) is 13.7. The summed E-state index contributed by atoms with van der Waals surface area (Å²) >= 11 is 0. The zero-order valence-electron chi connectivity index (χ0n) is 22.0. The van der Waals surface area contributed by atoms with E-state index in [4.69, 9.17) is 9.47 Å². The molecule has 0 saturated carbocycles. The first-order chi connectivity index (χ1) is 16.5. The molecule has 5 heteroatoms. The van der Waals surface area contributed by atoms with Gasteiger partial charge in [-0.25, -0.2) is 9.59 Å². The van der Waals surface area contributed by atoms with Gasteiger partial charge in [-0.2, -0.15) is 0 Å². The predicted molar refractivity (Wildman–Crippen MR) is 141 cm³/mol. The van der Waals surface area contributed by atoms with Crippen molar-refractivity contribution in [1.29, 1.82) is 0 Å². The average Bonchev–Trinajstić information content (AvgIpc) is 3.31. The second kappa shape index (κ2) is 19.4. The zero-order chi connectivity index (χ0) is 24.9. The number of esters is 2. The Bertz CT molecular complexity index is 626. The number of hydrogen-bond acceptors (Lipinski definition) is 5. The number of ether oxygens (including phenoxy) is 2. The van der Waals surface area contributed by atoms with Crippen molar-refractivity contribution < 1.29 is 19.1 Å². The molecular formula is C29H49NO4. The molecule has 0 aliphatic carbocycles. The third kappa shape index (κ3) is 13.7. The summed E-state index contributed by atoms with van der Waals surface area (Å²) < 4.78 is 10.6. The number of rotatable bonds is 22. The molecule has 1 aliphatic rings. The van der Waals surface area contributed by atoms with Gasteiger partial charge in [0, 0.05) is 18.2 Å². The Balaban J connectivity index is 1.97. The summed E-state index contributed by atoms with van der Waals surface area (Å²) in [6.07, 6.45) is 26.3. The average molecular weight is 476 g/mol. The molecule has 0 amide bonds. The van der Waals surface area contributed by atoms with Gasteiger partial charge < -0.3 is 9.47 Å². The van der Waals surface area contributed by atoms with Crippen molar-refractivity contribution in [3.63, 3.8) is 0 Å². The third-order valence-corrected chi connectivity index (χ3v) is 6.41. The van der Waals surface area contributed by atoms with Gasteiger partial charge in [-0.3, -0.25) is 4.99 Å². The van der Waals surface area contributed by atoms with Crippen molar-refractivity contribution in [3.05, 3.63) is 24.3 Å². The van der Waals surface area contributed by atoms with Gasteiger partial charge in [-0.15, -0.1) is 0 Å². The van der Waals surface area contributed by atoms with Gasteiger partial charge in [0.15, 0.2) is 5.54 Å². The van der Waals surface area contributed by atoms with Gasteiger partial charge in [0.1, 0.15) is 0 Å². The molecule has 1 rings (SSSR count). The molecule has 1 heterocycles. The van der Waals surface area contributed by atoms with Crippen LogP contribution in [0.2, 0.25) is 0 Å². The predicted octanol–water partition coefficient (Wildman–Crippen LogP) is 7.68. The van der Waals surface area contributed by atoms with Gasteiger partial charge in [-0.05, 0) is 25.5 Å². The van der Waals surface area contributed by atoms with Gasteiger partial charge in [0.25, 0.3) is 0 Å². The molecule has 0 fully saturated rings. The summed E-state index contributed by atoms with van der Waals surface area (Å²) in [5, 5.41) is 0. The lowest BCUT2D eigenvalue weighted by molar-refractivity contribution is -0.150. The van der Waals surface area contributed by atoms with Crippen molar-refractivity contribution in [1.82, 2.24) is 0 Å². The van der Waals surface area contributed by atoms with Crippen LogP contribution in [0.25, 0.3) is 0 Å². The highest BCUT2D eigenvalue weighted by Crippen LogP contribution is 2.24. The number of carbonyl (C=O) groups is 2. The van der Waals surface area contributed by atoms with Gasteiger partial charge in [0.05, 0.1) is 13.2 Å². The third-order valence-electron chi connectivity index (χ3n) is 6.41. The Kier molecular flexibility index (Phi) is 17.2. The minimum atomic E-state index is -1.07. The van der Waals surface area contributed by atoms with E-state index in [1.54, 1.807) is 25.3 Å². The molecule has 0 radical (unpaired) electrons. The molecule has 0 aromatic heterocycles. The highest BCUT2D eigenvalue weighted by Gasteiger charge is 2.38. The van der Waals surface area contributed by atoms with Crippen LogP contribution in [-0.4, -0.2) is 36.9 Å². The molecular weight excluding hydrogens is 426 g/mol. The minimum Gasteiger partial charge on any atom is -0.464 e. The first-order valence-electron chi connectivity index (χ1n) is 13.7. The standard InChI is InChI=1S/C29H49NO4/c1-4-5-6-7-8-9-10-11-12-13-14-15-16-17-18-19-24-34-28(32)29(21-20-23-30-29)22-25-33-27(31)26(2)3/h20-21,23H,2,4-19,22,24-25H2,1,3H3. The van der Waals surface area contributed by atoms with Crippen LogP contribution in [0.1, 0.15) is 123 Å². The monoisotopic (exact) mass is 475 g/mol. The number of nitrogens with zero attached hydrogens (tertiary/aromatic N) is 1. The van der Waals surface area contributed by atoms with Crippen molar-refractivity contribution >= 4 is 18.2 Å². The van der Waals surface area contributed by atoms with Crippen molar-refractivity contribution in [3.8, 4) is 0 Å². The summed E-state index contributed by atoms with van der Waals surface area (Å²) in [6.45, 7) is 7.93. The van der Waals surface area contributed by atoms with Gasteiger partial charge in [-0.1, -0.05) is 110 Å². The molecule has 0 aromatic carbocycles. The summed E-state index contributed by atoms with van der Waals surface area (Å²) in [5.41, 5.74) is -0.727. The Morgan fingerprint density at radius 1 is 0.765 bits per heavy atom. The van der Waals surface area contributed by atoms with E-state index in [1.165, 1.54) is 89.9 Å². The van der Waals surface area contributed by atoms with E-state index >= 15 is 0 Å². The number of hydrogen-bond donors (Lipinski definition) is 0. The maximum Gasteiger partial charge on any atom is 0.338 e. The molecule has 194 valence electrons. The van der Waals surface area contributed by atoms with Crippen molar-refractivity contribution in [2.45, 2.75) is 129 Å². The molecule has 0 saturated heterocycles. The van der Waals surface area contributed by atoms with E-state index in [2.05, 4.69) is 18.5 Å². The van der Waals surface area contributed by atoms with E-state index in [1.807, 2.05) is 0 Å². The number of unbranched alkanes of at least 4 members (excludes halogenated alkanes) is 15. The van der Waals surface area contributed by atoms with E-state index in [-0.39, 0.29) is 19.0 Å². The molecule has 1 aliphatic heterocycles. The normalized spacial score (nSPS) is 16.6. The zero-order valence-corrected chi connectivity index (χ0v) is 22.0. The van der Waals surface area contributed by atoms with E-state index in [9.17, 15) is 9.59 Å². The van der Waals surface area contributed by atoms with Crippen molar-refractivity contribution in [2.75, 3.05) is 13.2 Å². The number of aliphatic imine (C=N–C) groups is 1. The molecule has 1 atom stereocenters. The fraction of sp³-hybridized carbons (Fsp3) is 0.759. The minimum absolute atomic E-state index is 0.0987. The second-order valence-electron chi connectivity index (χ2n) is 9.67. The topological polar surface area (TPSA) is 65.0 Å². The summed E-state index contributed by atoms with van der Waals surface area (Å²) in [4.78, 5) is 28.4. The van der Waals surface area contributed by atoms with Gasteiger partial charge in [0.2, 0.25) is 0 Å². The summed E-state index contributed by atoms with van der Waals surface area (Å²) in [6, 6.07) is 0. The number of allylic oxidation sites excluding steroid dienone is 1. The molecule has 0 spiro atoms.